The second kappa shape index (κ2) is 5.22. The summed E-state index contributed by atoms with van der Waals surface area (Å²) in [5, 5.41) is 8.85. The van der Waals surface area contributed by atoms with Gasteiger partial charge in [0.15, 0.2) is 0 Å². The highest BCUT2D eigenvalue weighted by Gasteiger charge is 2.30. The highest BCUT2D eigenvalue weighted by Crippen LogP contribution is 2.17. The predicted molar refractivity (Wildman–Crippen MR) is 63.4 cm³/mol. The third-order valence-electron chi connectivity index (χ3n) is 3.08. The lowest BCUT2D eigenvalue weighted by Crippen LogP contribution is -2.49. The molecular formula is C12H16N2O4. The second-order valence-electron chi connectivity index (χ2n) is 4.38. The third kappa shape index (κ3) is 2.53. The molecule has 1 atom stereocenters. The number of amides is 1. The van der Waals surface area contributed by atoms with Gasteiger partial charge in [-0.1, -0.05) is 0 Å². The van der Waals surface area contributed by atoms with E-state index in [0.29, 0.717) is 18.7 Å². The molecule has 98 valence electrons. The summed E-state index contributed by atoms with van der Waals surface area (Å²) in [6, 6.07) is -0.391. The number of hydrogen-bond donors (Lipinski definition) is 2. The number of aryl methyl sites for hydroxylation is 1. The first-order valence-electron chi connectivity index (χ1n) is 5.83. The van der Waals surface area contributed by atoms with Crippen LogP contribution in [0.5, 0.6) is 0 Å². The molecule has 0 radical (unpaired) electrons. The van der Waals surface area contributed by atoms with Gasteiger partial charge in [-0.15, -0.1) is 0 Å². The molecule has 1 aliphatic rings. The number of aromatic nitrogens is 1. The topological polar surface area (TPSA) is 82.6 Å². The largest absolute Gasteiger partial charge is 0.481 e. The maximum atomic E-state index is 12.3. The molecule has 2 heterocycles. The van der Waals surface area contributed by atoms with Crippen LogP contribution in [-0.2, 0) is 9.53 Å². The van der Waals surface area contributed by atoms with Crippen molar-refractivity contribution in [1.82, 2.24) is 9.88 Å². The molecule has 0 aromatic carbocycles. The summed E-state index contributed by atoms with van der Waals surface area (Å²) in [7, 11) is 0. The summed E-state index contributed by atoms with van der Waals surface area (Å²) in [5.74, 6) is -1.06. The molecule has 1 unspecified atom stereocenters. The molecular weight excluding hydrogens is 236 g/mol. The first kappa shape index (κ1) is 12.6. The molecule has 18 heavy (non-hydrogen) atoms. The van der Waals surface area contributed by atoms with E-state index >= 15 is 0 Å². The van der Waals surface area contributed by atoms with Crippen LogP contribution in [-0.4, -0.2) is 52.7 Å². The third-order valence-corrected chi connectivity index (χ3v) is 3.08. The van der Waals surface area contributed by atoms with Crippen LogP contribution < -0.4 is 0 Å². The summed E-state index contributed by atoms with van der Waals surface area (Å²) in [6.07, 6.45) is 3.31. The van der Waals surface area contributed by atoms with Crippen molar-refractivity contribution in [3.05, 3.63) is 23.5 Å². The monoisotopic (exact) mass is 252 g/mol. The Kier molecular flexibility index (Phi) is 3.66. The van der Waals surface area contributed by atoms with E-state index in [2.05, 4.69) is 4.98 Å². The number of aliphatic carboxylic acids is 1. The number of nitrogens with zero attached hydrogens (tertiary/aromatic N) is 1. The van der Waals surface area contributed by atoms with Crippen LogP contribution >= 0.6 is 0 Å². The smallest absolute Gasteiger partial charge is 0.305 e. The van der Waals surface area contributed by atoms with E-state index in [0.717, 1.165) is 5.56 Å². The van der Waals surface area contributed by atoms with Gasteiger partial charge in [0.25, 0.3) is 5.91 Å². The molecule has 1 aromatic rings. The number of carboxylic acids is 1. The Morgan fingerprint density at radius 3 is 2.94 bits per heavy atom. The van der Waals surface area contributed by atoms with Gasteiger partial charge < -0.3 is 19.7 Å². The summed E-state index contributed by atoms with van der Waals surface area (Å²) in [5.41, 5.74) is 1.45. The molecule has 1 amide bonds. The minimum atomic E-state index is -0.922. The van der Waals surface area contributed by atoms with Crippen molar-refractivity contribution in [3.8, 4) is 0 Å². The van der Waals surface area contributed by atoms with Gasteiger partial charge in [0.05, 0.1) is 31.2 Å². The fourth-order valence-electron chi connectivity index (χ4n) is 2.12. The standard InChI is InChI=1S/C12H16N2O4/c1-8-5-13-6-10(8)12(17)14-2-3-18-7-9(14)4-11(15)16/h5-6,9,13H,2-4,7H2,1H3,(H,15,16). The zero-order valence-corrected chi connectivity index (χ0v) is 10.2. The maximum Gasteiger partial charge on any atom is 0.305 e. The normalized spacial score (nSPS) is 19.8. The van der Waals surface area contributed by atoms with Crippen molar-refractivity contribution in [1.29, 1.82) is 0 Å². The van der Waals surface area contributed by atoms with E-state index in [4.69, 9.17) is 9.84 Å². The van der Waals surface area contributed by atoms with Crippen molar-refractivity contribution < 1.29 is 19.4 Å². The van der Waals surface area contributed by atoms with Crippen LogP contribution in [0.4, 0.5) is 0 Å². The van der Waals surface area contributed by atoms with E-state index in [1.165, 1.54) is 0 Å². The summed E-state index contributed by atoms with van der Waals surface area (Å²) < 4.78 is 5.25. The SMILES string of the molecule is Cc1c[nH]cc1C(=O)N1CCOCC1CC(=O)O. The lowest BCUT2D eigenvalue weighted by molar-refractivity contribution is -0.139. The Morgan fingerprint density at radius 1 is 1.56 bits per heavy atom. The number of nitrogens with one attached hydrogen (secondary N) is 1. The number of morpholine rings is 1. The number of rotatable bonds is 3. The molecule has 0 bridgehead atoms. The van der Waals surface area contributed by atoms with E-state index in [9.17, 15) is 9.59 Å². The fraction of sp³-hybridized carbons (Fsp3) is 0.500. The first-order valence-corrected chi connectivity index (χ1v) is 5.83. The number of hydrogen-bond acceptors (Lipinski definition) is 3. The van der Waals surface area contributed by atoms with Crippen LogP contribution in [0.15, 0.2) is 12.4 Å². The zero-order valence-electron chi connectivity index (χ0n) is 10.2. The molecule has 1 saturated heterocycles. The first-order chi connectivity index (χ1) is 8.59. The number of aromatic amines is 1. The van der Waals surface area contributed by atoms with Crippen molar-refractivity contribution in [2.45, 2.75) is 19.4 Å². The summed E-state index contributed by atoms with van der Waals surface area (Å²) in [6.45, 7) is 3.00. The van der Waals surface area contributed by atoms with Crippen molar-refractivity contribution in [2.24, 2.45) is 0 Å². The molecule has 6 heteroatoms. The van der Waals surface area contributed by atoms with Crippen LogP contribution in [0.3, 0.4) is 0 Å². The molecule has 1 aromatic heterocycles. The molecule has 0 aliphatic carbocycles. The summed E-state index contributed by atoms with van der Waals surface area (Å²) >= 11 is 0. The molecule has 0 spiro atoms. The number of carbonyl (C=O) groups is 2. The predicted octanol–water partition coefficient (Wildman–Crippen LogP) is 0.639. The van der Waals surface area contributed by atoms with Crippen molar-refractivity contribution in [2.75, 3.05) is 19.8 Å². The van der Waals surface area contributed by atoms with Crippen LogP contribution in [0.25, 0.3) is 0 Å². The summed E-state index contributed by atoms with van der Waals surface area (Å²) in [4.78, 5) is 27.6. The van der Waals surface area contributed by atoms with Gasteiger partial charge in [-0.25, -0.2) is 0 Å². The van der Waals surface area contributed by atoms with Crippen LogP contribution in [0.1, 0.15) is 22.3 Å². The molecule has 6 nitrogen and oxygen atoms in total. The zero-order chi connectivity index (χ0) is 13.1. The van der Waals surface area contributed by atoms with Gasteiger partial charge in [-0.3, -0.25) is 9.59 Å². The number of carbonyl (C=O) groups excluding carboxylic acids is 1. The van der Waals surface area contributed by atoms with Crippen LogP contribution in [0, 0.1) is 6.92 Å². The van der Waals surface area contributed by atoms with Crippen LogP contribution in [0.2, 0.25) is 0 Å². The number of carboxylic acid groups (broad SMARTS) is 1. The van der Waals surface area contributed by atoms with Gasteiger partial charge in [-0.2, -0.15) is 0 Å². The van der Waals surface area contributed by atoms with Gasteiger partial charge in [0.1, 0.15) is 0 Å². The molecule has 1 fully saturated rings. The molecule has 2 N–H and O–H groups in total. The average Bonchev–Trinajstić information content (AvgIpc) is 2.74. The molecule has 2 rings (SSSR count). The minimum absolute atomic E-state index is 0.0881. The van der Waals surface area contributed by atoms with Gasteiger partial charge in [0, 0.05) is 18.9 Å². The van der Waals surface area contributed by atoms with E-state index in [-0.39, 0.29) is 18.9 Å². The van der Waals surface area contributed by atoms with Crippen molar-refractivity contribution in [3.63, 3.8) is 0 Å². The Balaban J connectivity index is 2.16. The Morgan fingerprint density at radius 2 is 2.33 bits per heavy atom. The van der Waals surface area contributed by atoms with E-state index in [1.54, 1.807) is 17.3 Å². The van der Waals surface area contributed by atoms with E-state index in [1.807, 2.05) is 6.92 Å². The number of H-pyrrole nitrogens is 1. The lowest BCUT2D eigenvalue weighted by atomic mass is 10.1. The fourth-order valence-corrected chi connectivity index (χ4v) is 2.12. The Labute approximate surface area is 105 Å². The quantitative estimate of drug-likeness (QED) is 0.827. The van der Waals surface area contributed by atoms with Gasteiger partial charge >= 0.3 is 5.97 Å². The van der Waals surface area contributed by atoms with E-state index < -0.39 is 12.0 Å². The van der Waals surface area contributed by atoms with Gasteiger partial charge in [0.2, 0.25) is 0 Å². The Bertz CT molecular complexity index is 455. The maximum absolute atomic E-state index is 12.3. The average molecular weight is 252 g/mol. The van der Waals surface area contributed by atoms with Gasteiger partial charge in [-0.05, 0) is 12.5 Å². The Hall–Kier alpha value is -1.82. The minimum Gasteiger partial charge on any atom is -0.481 e. The highest BCUT2D eigenvalue weighted by atomic mass is 16.5. The van der Waals surface area contributed by atoms with Crippen molar-refractivity contribution >= 4 is 11.9 Å². The molecule has 1 aliphatic heterocycles. The second-order valence-corrected chi connectivity index (χ2v) is 4.38. The lowest BCUT2D eigenvalue weighted by Gasteiger charge is -2.34. The molecule has 0 saturated carbocycles. The number of ether oxygens (including phenoxy) is 1. The highest BCUT2D eigenvalue weighted by molar-refractivity contribution is 5.96.